The maximum Gasteiger partial charge on any atom is 0.416 e. The molecule has 1 atom stereocenters. The fraction of sp³-hybridized carbons (Fsp3) is 0.387. The number of nitrogens with one attached hydrogen (secondary N) is 3. The number of ketones is 1. The molecule has 1 amide bonds. The molecule has 7 nitrogen and oxygen atoms in total. The van der Waals surface area contributed by atoms with Gasteiger partial charge in [0.05, 0.1) is 41.5 Å². The van der Waals surface area contributed by atoms with E-state index in [-0.39, 0.29) is 23.7 Å². The van der Waals surface area contributed by atoms with Crippen LogP contribution in [0.5, 0.6) is 0 Å². The first-order valence-corrected chi connectivity index (χ1v) is 15.0. The molecule has 0 bridgehead atoms. The lowest BCUT2D eigenvalue weighted by Crippen LogP contribution is -2.42. The Kier molecular flexibility index (Phi) is 8.41. The number of amides is 1. The van der Waals surface area contributed by atoms with Gasteiger partial charge in [0.2, 0.25) is 5.91 Å². The third-order valence-electron chi connectivity index (χ3n) is 7.61. The standard InChI is InChI=1S/C31H34F3N5O2S/c1-19-24(37-18-36-19)17-42-13-12-35-27(41)16-39-25-7-5-4-6-22(25)38-23-14-30(2,3)15-26(40)28(23)29(39)20-8-10-21(11-9-20)31(32,33)34/h4-11,18,29,38H,12-17H2,1-3H3,(H,35,41)(H,36,37). The largest absolute Gasteiger partial charge is 0.416 e. The highest BCUT2D eigenvalue weighted by Crippen LogP contribution is 2.48. The molecule has 0 saturated carbocycles. The van der Waals surface area contributed by atoms with Gasteiger partial charge >= 0.3 is 6.18 Å². The van der Waals surface area contributed by atoms with Gasteiger partial charge in [0.25, 0.3) is 0 Å². The van der Waals surface area contributed by atoms with Gasteiger partial charge in [-0.25, -0.2) is 4.98 Å². The number of carbonyl (C=O) groups excluding carboxylic acids is 2. The van der Waals surface area contributed by atoms with Crippen molar-refractivity contribution in [1.82, 2.24) is 15.3 Å². The summed E-state index contributed by atoms with van der Waals surface area (Å²) in [5.41, 5.74) is 4.11. The summed E-state index contributed by atoms with van der Waals surface area (Å²) in [6.07, 6.45) is -1.94. The van der Waals surface area contributed by atoms with Crippen LogP contribution in [0.15, 0.2) is 66.1 Å². The van der Waals surface area contributed by atoms with E-state index in [2.05, 4.69) is 20.6 Å². The van der Waals surface area contributed by atoms with Crippen LogP contribution in [0.3, 0.4) is 0 Å². The smallest absolute Gasteiger partial charge is 0.357 e. The van der Waals surface area contributed by atoms with E-state index in [0.717, 1.165) is 40.7 Å². The van der Waals surface area contributed by atoms with Crippen LogP contribution in [0.1, 0.15) is 55.2 Å². The van der Waals surface area contributed by atoms with Gasteiger partial charge in [-0.3, -0.25) is 9.59 Å². The number of allylic oxidation sites excluding steroid dienone is 1. The summed E-state index contributed by atoms with van der Waals surface area (Å²) in [6.45, 7) is 6.37. The zero-order valence-corrected chi connectivity index (χ0v) is 24.6. The Morgan fingerprint density at radius 2 is 1.88 bits per heavy atom. The zero-order chi connectivity index (χ0) is 30.1. The number of hydrogen-bond donors (Lipinski definition) is 3. The number of para-hydroxylation sites is 2. The van der Waals surface area contributed by atoms with Crippen LogP contribution in [0.4, 0.5) is 24.5 Å². The molecule has 11 heteroatoms. The Hall–Kier alpha value is -3.73. The van der Waals surface area contributed by atoms with Crippen LogP contribution >= 0.6 is 11.8 Å². The highest BCUT2D eigenvalue weighted by atomic mass is 32.2. The number of fused-ring (bicyclic) bond motifs is 1. The van der Waals surface area contributed by atoms with E-state index in [4.69, 9.17) is 0 Å². The molecule has 222 valence electrons. The number of aromatic amines is 1. The van der Waals surface area contributed by atoms with Crippen LogP contribution < -0.4 is 15.5 Å². The number of H-pyrrole nitrogens is 1. The Bertz CT molecular complexity index is 1500. The number of alkyl halides is 3. The molecule has 1 aliphatic carbocycles. The molecule has 0 saturated heterocycles. The van der Waals surface area contributed by atoms with E-state index in [1.165, 1.54) is 12.1 Å². The molecule has 2 aliphatic rings. The van der Waals surface area contributed by atoms with Crippen LogP contribution in [0.25, 0.3) is 0 Å². The number of aromatic nitrogens is 2. The number of aryl methyl sites for hydroxylation is 1. The predicted octanol–water partition coefficient (Wildman–Crippen LogP) is 6.40. The SMILES string of the molecule is Cc1[nH]cnc1CSCCNC(=O)CN1c2ccccc2NC2=C(C(=O)CC(C)(C)C2)C1c1ccc(C(F)(F)F)cc1. The van der Waals surface area contributed by atoms with Crippen LogP contribution in [-0.2, 0) is 21.5 Å². The summed E-state index contributed by atoms with van der Waals surface area (Å²) in [5.74, 6) is 1.08. The molecule has 1 aromatic heterocycles. The number of hydrogen-bond acceptors (Lipinski definition) is 6. The van der Waals surface area contributed by atoms with Gasteiger partial charge in [0.15, 0.2) is 5.78 Å². The van der Waals surface area contributed by atoms with E-state index in [9.17, 15) is 22.8 Å². The maximum absolute atomic E-state index is 13.7. The lowest BCUT2D eigenvalue weighted by molar-refractivity contribution is -0.137. The van der Waals surface area contributed by atoms with Crippen molar-refractivity contribution in [3.8, 4) is 0 Å². The highest BCUT2D eigenvalue weighted by molar-refractivity contribution is 7.98. The van der Waals surface area contributed by atoms with E-state index in [0.29, 0.717) is 42.0 Å². The molecule has 42 heavy (non-hydrogen) atoms. The minimum absolute atomic E-state index is 0.0816. The molecule has 5 rings (SSSR count). The van der Waals surface area contributed by atoms with Crippen molar-refractivity contribution >= 4 is 34.8 Å². The van der Waals surface area contributed by atoms with Crippen LogP contribution in [0.2, 0.25) is 0 Å². The van der Waals surface area contributed by atoms with Gasteiger partial charge in [0, 0.05) is 41.4 Å². The lowest BCUT2D eigenvalue weighted by Gasteiger charge is -2.38. The van der Waals surface area contributed by atoms with Crippen LogP contribution in [-0.4, -0.2) is 40.5 Å². The summed E-state index contributed by atoms with van der Waals surface area (Å²) < 4.78 is 40.3. The summed E-state index contributed by atoms with van der Waals surface area (Å²) in [6, 6.07) is 11.6. The van der Waals surface area contributed by atoms with E-state index in [1.807, 2.05) is 49.9 Å². The molecule has 2 heterocycles. The monoisotopic (exact) mass is 597 g/mol. The van der Waals surface area contributed by atoms with Crippen molar-refractivity contribution < 1.29 is 22.8 Å². The number of carbonyl (C=O) groups is 2. The fourth-order valence-electron chi connectivity index (χ4n) is 5.60. The Balaban J connectivity index is 1.45. The molecule has 1 aliphatic heterocycles. The fourth-order valence-corrected chi connectivity index (χ4v) is 6.48. The summed E-state index contributed by atoms with van der Waals surface area (Å²) in [5, 5.41) is 6.43. The summed E-state index contributed by atoms with van der Waals surface area (Å²) in [7, 11) is 0. The van der Waals surface area contributed by atoms with Crippen molar-refractivity contribution in [2.75, 3.05) is 29.1 Å². The summed E-state index contributed by atoms with van der Waals surface area (Å²) >= 11 is 1.66. The van der Waals surface area contributed by atoms with E-state index >= 15 is 0 Å². The van der Waals surface area contributed by atoms with Crippen molar-refractivity contribution in [3.63, 3.8) is 0 Å². The second-order valence-corrected chi connectivity index (χ2v) is 12.6. The number of rotatable bonds is 8. The first-order valence-electron chi connectivity index (χ1n) is 13.8. The number of Topliss-reactive ketones (excluding diaryl/α,β-unsaturated/α-hetero) is 1. The number of nitrogens with zero attached hydrogens (tertiary/aromatic N) is 2. The third-order valence-corrected chi connectivity index (χ3v) is 8.58. The van der Waals surface area contributed by atoms with Crippen molar-refractivity contribution in [2.24, 2.45) is 5.41 Å². The molecule has 0 radical (unpaired) electrons. The van der Waals surface area contributed by atoms with Gasteiger partial charge in [0.1, 0.15) is 0 Å². The minimum atomic E-state index is -4.49. The topological polar surface area (TPSA) is 90.1 Å². The van der Waals surface area contributed by atoms with E-state index in [1.54, 1.807) is 18.1 Å². The van der Waals surface area contributed by atoms with Gasteiger partial charge in [-0.1, -0.05) is 38.1 Å². The number of anilines is 2. The van der Waals surface area contributed by atoms with E-state index < -0.39 is 17.8 Å². The van der Waals surface area contributed by atoms with Crippen LogP contribution in [0, 0.1) is 12.3 Å². The average Bonchev–Trinajstić information content (AvgIpc) is 3.27. The molecule has 1 unspecified atom stereocenters. The predicted molar refractivity (Wildman–Crippen MR) is 159 cm³/mol. The molecule has 0 spiro atoms. The third kappa shape index (κ3) is 6.51. The zero-order valence-electron chi connectivity index (χ0n) is 23.8. The van der Waals surface area contributed by atoms with Crippen molar-refractivity contribution in [3.05, 3.63) is 88.6 Å². The first-order chi connectivity index (χ1) is 19.9. The minimum Gasteiger partial charge on any atom is -0.357 e. The van der Waals surface area contributed by atoms with Crippen molar-refractivity contribution in [1.29, 1.82) is 0 Å². The Morgan fingerprint density at radius 3 is 2.57 bits per heavy atom. The quantitative estimate of drug-likeness (QED) is 0.260. The Labute approximate surface area is 247 Å². The first kappa shape index (κ1) is 29.8. The maximum atomic E-state index is 13.7. The average molecular weight is 598 g/mol. The molecule has 3 N–H and O–H groups in total. The summed E-state index contributed by atoms with van der Waals surface area (Å²) in [4.78, 5) is 36.3. The normalized spacial score (nSPS) is 18.2. The number of halogens is 3. The Morgan fingerprint density at radius 1 is 1.14 bits per heavy atom. The molecule has 3 aromatic rings. The van der Waals surface area contributed by atoms with Gasteiger partial charge in [-0.2, -0.15) is 24.9 Å². The molecular formula is C31H34F3N5O2S. The highest BCUT2D eigenvalue weighted by Gasteiger charge is 2.42. The second-order valence-electron chi connectivity index (χ2n) is 11.5. The molecular weight excluding hydrogens is 563 g/mol. The second kappa shape index (κ2) is 11.9. The lowest BCUT2D eigenvalue weighted by atomic mass is 9.73. The van der Waals surface area contributed by atoms with Gasteiger partial charge in [-0.15, -0.1) is 0 Å². The molecule has 0 fully saturated rings. The number of imidazole rings is 1. The number of thioether (sulfide) groups is 1. The van der Waals surface area contributed by atoms with Gasteiger partial charge < -0.3 is 20.5 Å². The van der Waals surface area contributed by atoms with Gasteiger partial charge in [-0.05, 0) is 48.6 Å². The number of benzene rings is 2. The molecule has 2 aromatic carbocycles. The van der Waals surface area contributed by atoms with Crippen molar-refractivity contribution in [2.45, 2.75) is 51.6 Å².